The molecule has 0 saturated carbocycles. The summed E-state index contributed by atoms with van der Waals surface area (Å²) in [6, 6.07) is 48.0. The Hall–Kier alpha value is -6.56. The van der Waals surface area contributed by atoms with Crippen LogP contribution in [0.1, 0.15) is 0 Å². The molecule has 238 valence electrons. The molecular weight excluding hydrogens is 645 g/mol. The fourth-order valence-electron chi connectivity index (χ4n) is 7.49. The first-order chi connectivity index (χ1) is 25.2. The molecule has 0 fully saturated rings. The van der Waals surface area contributed by atoms with Crippen molar-refractivity contribution in [2.24, 2.45) is 0 Å². The molecule has 5 heterocycles. The molecule has 11 aromatic rings. The number of rotatable bonds is 4. The summed E-state index contributed by atoms with van der Waals surface area (Å²) < 4.78 is 14.7. The molecule has 5 aromatic heterocycles. The van der Waals surface area contributed by atoms with Gasteiger partial charge in [-0.2, -0.15) is 0 Å². The second-order valence-corrected chi connectivity index (χ2v) is 14.1. The predicted molar refractivity (Wildman–Crippen MR) is 211 cm³/mol. The van der Waals surface area contributed by atoms with Crippen LogP contribution in [0.15, 0.2) is 167 Å². The number of aromatic nitrogens is 2. The summed E-state index contributed by atoms with van der Waals surface area (Å²) >= 11 is 1.84. The lowest BCUT2D eigenvalue weighted by molar-refractivity contribution is 0.668. The SMILES string of the molecule is c1cc(-c2cccc(-c3ccc4sc5ccc(-c6ccc7oc8ccncc8c7c6)cc5c4c3)c2)cc(-c2ccc3oc4ccncc4c3c2)c1. The maximum atomic E-state index is 6.06. The molecular formula is C46H26N2O2S. The summed E-state index contributed by atoms with van der Waals surface area (Å²) in [5, 5.41) is 6.79. The fourth-order valence-corrected chi connectivity index (χ4v) is 8.56. The van der Waals surface area contributed by atoms with Crippen molar-refractivity contribution in [3.8, 4) is 44.5 Å². The van der Waals surface area contributed by atoms with Crippen LogP contribution >= 0.6 is 11.3 Å². The molecule has 0 aliphatic rings. The average Bonchev–Trinajstić information content (AvgIpc) is 3.88. The third-order valence-corrected chi connectivity index (χ3v) is 11.2. The first-order valence-electron chi connectivity index (χ1n) is 16.9. The van der Waals surface area contributed by atoms with E-state index in [-0.39, 0.29) is 0 Å². The van der Waals surface area contributed by atoms with E-state index in [0.717, 1.165) is 60.6 Å². The van der Waals surface area contributed by atoms with Crippen molar-refractivity contribution >= 4 is 75.4 Å². The van der Waals surface area contributed by atoms with E-state index in [1.807, 2.05) is 35.9 Å². The van der Waals surface area contributed by atoms with Crippen molar-refractivity contribution in [1.82, 2.24) is 9.97 Å². The van der Waals surface area contributed by atoms with E-state index in [0.29, 0.717) is 0 Å². The van der Waals surface area contributed by atoms with Crippen LogP contribution in [-0.4, -0.2) is 9.97 Å². The third-order valence-electron chi connectivity index (χ3n) is 10.1. The zero-order valence-electron chi connectivity index (χ0n) is 27.1. The minimum atomic E-state index is 0.857. The molecule has 6 aromatic carbocycles. The highest BCUT2D eigenvalue weighted by Gasteiger charge is 2.13. The van der Waals surface area contributed by atoms with Gasteiger partial charge in [0.15, 0.2) is 0 Å². The lowest BCUT2D eigenvalue weighted by atomic mass is 9.95. The smallest absolute Gasteiger partial charge is 0.138 e. The number of furan rings is 2. The fraction of sp³-hybridized carbons (Fsp3) is 0. The normalized spacial score (nSPS) is 11.9. The van der Waals surface area contributed by atoms with Crippen LogP contribution in [0.25, 0.3) is 109 Å². The number of pyridine rings is 2. The van der Waals surface area contributed by atoms with Crippen LogP contribution < -0.4 is 0 Å². The van der Waals surface area contributed by atoms with Crippen LogP contribution in [0.3, 0.4) is 0 Å². The lowest BCUT2D eigenvalue weighted by Crippen LogP contribution is -1.84. The molecule has 11 rings (SSSR count). The standard InChI is InChI=1S/C46H26N2O2S/c1-3-27(19-29(5-1)31-7-11-41-35(21-31)39-25-47-17-15-43(39)49-41)28-4-2-6-30(20-28)33-9-13-45-37(23-33)38-24-34(10-14-46(38)51-45)32-8-12-42-36(22-32)40-26-48-18-16-44(40)50-42/h1-26H. The topological polar surface area (TPSA) is 52.1 Å². The van der Waals surface area contributed by atoms with Gasteiger partial charge in [-0.1, -0.05) is 60.7 Å². The van der Waals surface area contributed by atoms with Crippen molar-refractivity contribution in [3.63, 3.8) is 0 Å². The van der Waals surface area contributed by atoms with Gasteiger partial charge in [-0.3, -0.25) is 9.97 Å². The van der Waals surface area contributed by atoms with E-state index in [1.54, 1.807) is 12.4 Å². The van der Waals surface area contributed by atoms with Gasteiger partial charge in [0.1, 0.15) is 22.3 Å². The zero-order chi connectivity index (χ0) is 33.5. The van der Waals surface area contributed by atoms with Crippen LogP contribution in [0.2, 0.25) is 0 Å². The summed E-state index contributed by atoms with van der Waals surface area (Å²) in [5.41, 5.74) is 12.9. The van der Waals surface area contributed by atoms with Gasteiger partial charge >= 0.3 is 0 Å². The van der Waals surface area contributed by atoms with E-state index in [4.69, 9.17) is 8.83 Å². The largest absolute Gasteiger partial charge is 0.456 e. The summed E-state index contributed by atoms with van der Waals surface area (Å²) in [6.07, 6.45) is 7.30. The summed E-state index contributed by atoms with van der Waals surface area (Å²) in [5.74, 6) is 0. The van der Waals surface area contributed by atoms with Crippen molar-refractivity contribution in [2.75, 3.05) is 0 Å². The summed E-state index contributed by atoms with van der Waals surface area (Å²) in [7, 11) is 0. The van der Waals surface area contributed by atoms with E-state index < -0.39 is 0 Å². The number of hydrogen-bond donors (Lipinski definition) is 0. The van der Waals surface area contributed by atoms with Crippen LogP contribution in [-0.2, 0) is 0 Å². The molecule has 0 radical (unpaired) electrons. The van der Waals surface area contributed by atoms with Crippen LogP contribution in [0.4, 0.5) is 0 Å². The molecule has 0 N–H and O–H groups in total. The Morgan fingerprint density at radius 3 is 1.16 bits per heavy atom. The van der Waals surface area contributed by atoms with Crippen molar-refractivity contribution in [2.45, 2.75) is 0 Å². The third kappa shape index (κ3) is 4.59. The molecule has 0 saturated heterocycles. The van der Waals surface area contributed by atoms with Gasteiger partial charge in [-0.05, 0) is 117 Å². The van der Waals surface area contributed by atoms with Gasteiger partial charge in [0, 0.05) is 66.5 Å². The first kappa shape index (κ1) is 28.3. The second kappa shape index (κ2) is 11.0. The molecule has 4 nitrogen and oxygen atoms in total. The van der Waals surface area contributed by atoms with Crippen LogP contribution in [0, 0.1) is 0 Å². The molecule has 0 amide bonds. The average molecular weight is 671 g/mol. The van der Waals surface area contributed by atoms with Gasteiger partial charge in [0.2, 0.25) is 0 Å². The highest BCUT2D eigenvalue weighted by atomic mass is 32.1. The monoisotopic (exact) mass is 670 g/mol. The second-order valence-electron chi connectivity index (χ2n) is 13.1. The van der Waals surface area contributed by atoms with Crippen molar-refractivity contribution in [3.05, 3.63) is 158 Å². The number of thiophene rings is 1. The number of benzene rings is 6. The maximum absolute atomic E-state index is 6.06. The minimum Gasteiger partial charge on any atom is -0.456 e. The molecule has 0 spiro atoms. The molecule has 0 aliphatic heterocycles. The Morgan fingerprint density at radius 1 is 0.333 bits per heavy atom. The van der Waals surface area contributed by atoms with E-state index >= 15 is 0 Å². The molecule has 0 aliphatic carbocycles. The Kier molecular flexibility index (Phi) is 6.09. The predicted octanol–water partition coefficient (Wildman–Crippen LogP) is 13.3. The molecule has 0 bridgehead atoms. The zero-order valence-corrected chi connectivity index (χ0v) is 27.9. The molecule has 5 heteroatoms. The highest BCUT2D eigenvalue weighted by molar-refractivity contribution is 7.25. The summed E-state index contributed by atoms with van der Waals surface area (Å²) in [4.78, 5) is 8.65. The Morgan fingerprint density at radius 2 is 0.706 bits per heavy atom. The molecule has 51 heavy (non-hydrogen) atoms. The molecule has 0 atom stereocenters. The van der Waals surface area contributed by atoms with E-state index in [1.165, 1.54) is 48.0 Å². The minimum absolute atomic E-state index is 0.857. The quantitative estimate of drug-likeness (QED) is 0.187. The number of hydrogen-bond acceptors (Lipinski definition) is 5. The highest BCUT2D eigenvalue weighted by Crippen LogP contribution is 2.40. The van der Waals surface area contributed by atoms with E-state index in [9.17, 15) is 0 Å². The van der Waals surface area contributed by atoms with Crippen LogP contribution in [0.5, 0.6) is 0 Å². The number of fused-ring (bicyclic) bond motifs is 9. The van der Waals surface area contributed by atoms with Gasteiger partial charge in [0.25, 0.3) is 0 Å². The van der Waals surface area contributed by atoms with E-state index in [2.05, 4.69) is 131 Å². The maximum Gasteiger partial charge on any atom is 0.138 e. The van der Waals surface area contributed by atoms with Gasteiger partial charge in [-0.25, -0.2) is 0 Å². The lowest BCUT2D eigenvalue weighted by Gasteiger charge is -2.09. The van der Waals surface area contributed by atoms with Crippen molar-refractivity contribution in [1.29, 1.82) is 0 Å². The van der Waals surface area contributed by atoms with Gasteiger partial charge < -0.3 is 8.83 Å². The van der Waals surface area contributed by atoms with Gasteiger partial charge in [0.05, 0.1) is 0 Å². The number of nitrogens with zero attached hydrogens (tertiary/aromatic N) is 2. The van der Waals surface area contributed by atoms with Crippen molar-refractivity contribution < 1.29 is 8.83 Å². The van der Waals surface area contributed by atoms with Gasteiger partial charge in [-0.15, -0.1) is 11.3 Å². The Bertz CT molecular complexity index is 3170. The first-order valence-corrected chi connectivity index (χ1v) is 17.7. The molecule has 0 unspecified atom stereocenters. The Labute approximate surface area is 295 Å². The summed E-state index contributed by atoms with van der Waals surface area (Å²) in [6.45, 7) is 0. The Balaban J connectivity index is 0.960.